The molecular weight excluding hydrogens is 400 g/mol. The molecular formula is C23H22N2O4S. The smallest absolute Gasteiger partial charge is 0.265 e. The lowest BCUT2D eigenvalue weighted by atomic mass is 10.1. The Morgan fingerprint density at radius 3 is 2.40 bits per heavy atom. The maximum atomic E-state index is 12.7. The van der Waals surface area contributed by atoms with E-state index < -0.39 is 10.0 Å². The molecule has 6 nitrogen and oxygen atoms in total. The number of amides is 1. The molecule has 0 bridgehead atoms. The molecule has 0 radical (unpaired) electrons. The zero-order valence-electron chi connectivity index (χ0n) is 16.5. The topological polar surface area (TPSA) is 75.7 Å². The summed E-state index contributed by atoms with van der Waals surface area (Å²) >= 11 is 0. The van der Waals surface area contributed by atoms with Gasteiger partial charge in [-0.1, -0.05) is 36.4 Å². The number of carbonyl (C=O) groups is 1. The van der Waals surface area contributed by atoms with Crippen LogP contribution in [0.25, 0.3) is 0 Å². The maximum Gasteiger partial charge on any atom is 0.265 e. The molecule has 1 amide bonds. The first kappa shape index (κ1) is 20.0. The molecule has 3 aromatic carbocycles. The highest BCUT2D eigenvalue weighted by Crippen LogP contribution is 2.31. The standard InChI is InChI=1S/C23H22N2O4S/c1-17-15-18-7-5-6-10-22(18)25(17)23(26)16-29-20-11-13-21(14-12-20)30(27,28)24-19-8-3-2-4-9-19/h2-14,17,24H,15-16H2,1H3/t17-/m0/s1. The average Bonchev–Trinajstić information content (AvgIpc) is 3.08. The number of carbonyl (C=O) groups excluding carboxylic acids is 1. The van der Waals surface area contributed by atoms with Gasteiger partial charge in [0.25, 0.3) is 15.9 Å². The van der Waals surface area contributed by atoms with Gasteiger partial charge in [0.2, 0.25) is 0 Å². The van der Waals surface area contributed by atoms with Crippen molar-refractivity contribution < 1.29 is 17.9 Å². The van der Waals surface area contributed by atoms with Gasteiger partial charge in [0, 0.05) is 17.4 Å². The van der Waals surface area contributed by atoms with E-state index in [1.807, 2.05) is 37.3 Å². The van der Waals surface area contributed by atoms with Crippen molar-refractivity contribution in [2.24, 2.45) is 0 Å². The van der Waals surface area contributed by atoms with Gasteiger partial charge >= 0.3 is 0 Å². The molecule has 4 rings (SSSR count). The lowest BCUT2D eigenvalue weighted by Gasteiger charge is -2.22. The second kappa shape index (κ2) is 8.20. The van der Waals surface area contributed by atoms with Crippen molar-refractivity contribution >= 4 is 27.3 Å². The molecule has 0 saturated carbocycles. The summed E-state index contributed by atoms with van der Waals surface area (Å²) < 4.78 is 33.1. The zero-order valence-corrected chi connectivity index (χ0v) is 17.3. The van der Waals surface area contributed by atoms with Crippen molar-refractivity contribution in [2.75, 3.05) is 16.2 Å². The third-order valence-corrected chi connectivity index (χ3v) is 6.40. The fourth-order valence-corrected chi connectivity index (χ4v) is 4.65. The third kappa shape index (κ3) is 4.16. The monoisotopic (exact) mass is 422 g/mol. The molecule has 1 heterocycles. The van der Waals surface area contributed by atoms with Crippen LogP contribution in [0.5, 0.6) is 5.75 Å². The van der Waals surface area contributed by atoms with Gasteiger partial charge in [-0.25, -0.2) is 8.42 Å². The largest absolute Gasteiger partial charge is 0.484 e. The van der Waals surface area contributed by atoms with E-state index >= 15 is 0 Å². The van der Waals surface area contributed by atoms with Gasteiger partial charge < -0.3 is 9.64 Å². The summed E-state index contributed by atoms with van der Waals surface area (Å²) in [6.07, 6.45) is 0.822. The van der Waals surface area contributed by atoms with Crippen LogP contribution in [0.2, 0.25) is 0 Å². The van der Waals surface area contributed by atoms with Crippen LogP contribution >= 0.6 is 0 Å². The van der Waals surface area contributed by atoms with Crippen molar-refractivity contribution in [3.05, 3.63) is 84.4 Å². The highest BCUT2D eigenvalue weighted by Gasteiger charge is 2.30. The maximum absolute atomic E-state index is 12.7. The molecule has 1 atom stereocenters. The lowest BCUT2D eigenvalue weighted by molar-refractivity contribution is -0.120. The van der Waals surface area contributed by atoms with Gasteiger partial charge in [-0.3, -0.25) is 9.52 Å². The molecule has 0 fully saturated rings. The minimum absolute atomic E-state index is 0.0788. The van der Waals surface area contributed by atoms with Crippen LogP contribution in [0.1, 0.15) is 12.5 Å². The van der Waals surface area contributed by atoms with Gasteiger partial charge in [0.15, 0.2) is 6.61 Å². The zero-order chi connectivity index (χ0) is 21.1. The number of nitrogens with zero attached hydrogens (tertiary/aromatic N) is 1. The Kier molecular flexibility index (Phi) is 5.46. The number of nitrogens with one attached hydrogen (secondary N) is 1. The SMILES string of the molecule is C[C@H]1Cc2ccccc2N1C(=O)COc1ccc(S(=O)(=O)Nc2ccccc2)cc1. The molecule has 0 aliphatic carbocycles. The van der Waals surface area contributed by atoms with E-state index in [1.165, 1.54) is 12.1 Å². The second-order valence-electron chi connectivity index (χ2n) is 7.18. The number of hydrogen-bond acceptors (Lipinski definition) is 4. The molecule has 0 aromatic heterocycles. The minimum Gasteiger partial charge on any atom is -0.484 e. The Bertz CT molecular complexity index is 1150. The predicted octanol–water partition coefficient (Wildman–Crippen LogP) is 3.84. The van der Waals surface area contributed by atoms with Crippen LogP contribution in [0.15, 0.2) is 83.8 Å². The van der Waals surface area contributed by atoms with E-state index in [0.717, 1.165) is 17.7 Å². The Balaban J connectivity index is 1.40. The molecule has 0 saturated heterocycles. The van der Waals surface area contributed by atoms with Crippen LogP contribution in [-0.2, 0) is 21.2 Å². The highest BCUT2D eigenvalue weighted by atomic mass is 32.2. The van der Waals surface area contributed by atoms with Crippen molar-refractivity contribution in [1.29, 1.82) is 0 Å². The van der Waals surface area contributed by atoms with Crippen molar-refractivity contribution in [3.63, 3.8) is 0 Å². The number of hydrogen-bond donors (Lipinski definition) is 1. The summed E-state index contributed by atoms with van der Waals surface area (Å²) in [7, 11) is -3.70. The van der Waals surface area contributed by atoms with E-state index in [1.54, 1.807) is 41.3 Å². The Hall–Kier alpha value is -3.32. The summed E-state index contributed by atoms with van der Waals surface area (Å²) in [6.45, 7) is 1.89. The molecule has 1 aliphatic heterocycles. The van der Waals surface area contributed by atoms with E-state index in [0.29, 0.717) is 11.4 Å². The Labute approximate surface area is 176 Å². The predicted molar refractivity (Wildman–Crippen MR) is 116 cm³/mol. The number of rotatable bonds is 6. The number of sulfonamides is 1. The second-order valence-corrected chi connectivity index (χ2v) is 8.86. The molecule has 1 aliphatic rings. The van der Waals surface area contributed by atoms with Gasteiger partial charge in [-0.05, 0) is 61.4 Å². The summed E-state index contributed by atoms with van der Waals surface area (Å²) in [5.41, 5.74) is 2.56. The molecule has 7 heteroatoms. The lowest BCUT2D eigenvalue weighted by Crippen LogP contribution is -2.39. The minimum atomic E-state index is -3.70. The molecule has 154 valence electrons. The first-order chi connectivity index (χ1) is 14.4. The summed E-state index contributed by atoms with van der Waals surface area (Å²) in [6, 6.07) is 22.6. The first-order valence-electron chi connectivity index (χ1n) is 9.65. The quantitative estimate of drug-likeness (QED) is 0.655. The van der Waals surface area contributed by atoms with Gasteiger partial charge in [0.05, 0.1) is 4.90 Å². The van der Waals surface area contributed by atoms with Crippen molar-refractivity contribution in [1.82, 2.24) is 0 Å². The summed E-state index contributed by atoms with van der Waals surface area (Å²) in [4.78, 5) is 14.6. The number of para-hydroxylation sites is 2. The van der Waals surface area contributed by atoms with Crippen LogP contribution in [0.4, 0.5) is 11.4 Å². The number of anilines is 2. The van der Waals surface area contributed by atoms with Gasteiger partial charge in [-0.15, -0.1) is 0 Å². The Morgan fingerprint density at radius 2 is 1.67 bits per heavy atom. The van der Waals surface area contributed by atoms with Crippen molar-refractivity contribution in [2.45, 2.75) is 24.3 Å². The molecule has 3 aromatic rings. The number of ether oxygens (including phenoxy) is 1. The van der Waals surface area contributed by atoms with E-state index in [4.69, 9.17) is 4.74 Å². The van der Waals surface area contributed by atoms with Crippen molar-refractivity contribution in [3.8, 4) is 5.75 Å². The van der Waals surface area contributed by atoms with Crippen LogP contribution in [-0.4, -0.2) is 27.0 Å². The fourth-order valence-electron chi connectivity index (χ4n) is 3.60. The number of fused-ring (bicyclic) bond motifs is 1. The van der Waals surface area contributed by atoms with E-state index in [9.17, 15) is 13.2 Å². The highest BCUT2D eigenvalue weighted by molar-refractivity contribution is 7.92. The summed E-state index contributed by atoms with van der Waals surface area (Å²) in [5.74, 6) is 0.303. The third-order valence-electron chi connectivity index (χ3n) is 5.00. The fraction of sp³-hybridized carbons (Fsp3) is 0.174. The van der Waals surface area contributed by atoms with E-state index in [2.05, 4.69) is 4.72 Å². The van der Waals surface area contributed by atoms with Crippen LogP contribution < -0.4 is 14.4 Å². The molecule has 0 unspecified atom stereocenters. The average molecular weight is 423 g/mol. The Morgan fingerprint density at radius 1 is 1.00 bits per heavy atom. The van der Waals surface area contributed by atoms with E-state index in [-0.39, 0.29) is 23.5 Å². The molecule has 1 N–H and O–H groups in total. The van der Waals surface area contributed by atoms with Crippen LogP contribution in [0, 0.1) is 0 Å². The van der Waals surface area contributed by atoms with Crippen LogP contribution in [0.3, 0.4) is 0 Å². The summed E-state index contributed by atoms with van der Waals surface area (Å²) in [5, 5.41) is 0. The molecule has 0 spiro atoms. The normalized spacial score (nSPS) is 15.5. The first-order valence-corrected chi connectivity index (χ1v) is 11.1. The van der Waals surface area contributed by atoms with Gasteiger partial charge in [0.1, 0.15) is 5.75 Å². The number of benzene rings is 3. The molecule has 30 heavy (non-hydrogen) atoms. The van der Waals surface area contributed by atoms with Gasteiger partial charge in [-0.2, -0.15) is 0 Å².